The van der Waals surface area contributed by atoms with Crippen molar-refractivity contribution in [2.45, 2.75) is 0 Å². The van der Waals surface area contributed by atoms with Crippen LogP contribution in [0.15, 0.2) is 35.5 Å². The molecule has 1 aliphatic heterocycles. The lowest BCUT2D eigenvalue weighted by Gasteiger charge is -2.05. The van der Waals surface area contributed by atoms with Crippen LogP contribution in [-0.4, -0.2) is 28.7 Å². The van der Waals surface area contributed by atoms with Gasteiger partial charge >= 0.3 is 0 Å². The second kappa shape index (κ2) is 4.14. The molecule has 0 saturated heterocycles. The first-order chi connectivity index (χ1) is 8.75. The van der Waals surface area contributed by atoms with Crippen molar-refractivity contribution >= 4 is 11.7 Å². The van der Waals surface area contributed by atoms with Gasteiger partial charge in [0.1, 0.15) is 17.5 Å². The number of nitrogens with one attached hydrogen (secondary N) is 1. The molecule has 0 unspecified atom stereocenters. The van der Waals surface area contributed by atoms with Crippen LogP contribution < -0.4 is 11.1 Å². The zero-order chi connectivity index (χ0) is 12.5. The molecule has 0 atom stereocenters. The van der Waals surface area contributed by atoms with Crippen molar-refractivity contribution in [3.8, 4) is 5.69 Å². The van der Waals surface area contributed by atoms with E-state index in [4.69, 9.17) is 5.73 Å². The summed E-state index contributed by atoms with van der Waals surface area (Å²) in [6.07, 6.45) is 1.64. The molecule has 1 aromatic carbocycles. The van der Waals surface area contributed by atoms with Crippen LogP contribution in [0.5, 0.6) is 0 Å². The van der Waals surface area contributed by atoms with E-state index in [-0.39, 0.29) is 5.82 Å². The third-order valence-corrected chi connectivity index (χ3v) is 2.79. The predicted octanol–water partition coefficient (Wildman–Crippen LogP) is 0.943. The van der Waals surface area contributed by atoms with Gasteiger partial charge in [0.15, 0.2) is 0 Å². The number of rotatable bonds is 2. The number of aliphatic imine (C=N–C) groups is 1. The molecule has 18 heavy (non-hydrogen) atoms. The van der Waals surface area contributed by atoms with Gasteiger partial charge < -0.3 is 11.1 Å². The molecule has 1 aliphatic rings. The molecule has 3 N–H and O–H groups in total. The Kier molecular flexibility index (Phi) is 2.47. The molecule has 0 amide bonds. The van der Waals surface area contributed by atoms with Crippen molar-refractivity contribution in [2.24, 2.45) is 4.99 Å². The van der Waals surface area contributed by atoms with E-state index in [0.717, 1.165) is 24.5 Å². The summed E-state index contributed by atoms with van der Waals surface area (Å²) >= 11 is 0. The maximum absolute atomic E-state index is 13.2. The topological polar surface area (TPSA) is 68.2 Å². The second-order valence-electron chi connectivity index (χ2n) is 3.99. The van der Waals surface area contributed by atoms with Gasteiger partial charge in [-0.3, -0.25) is 4.99 Å². The second-order valence-corrected chi connectivity index (χ2v) is 3.99. The first kappa shape index (κ1) is 10.8. The first-order valence-corrected chi connectivity index (χ1v) is 5.64. The van der Waals surface area contributed by atoms with Gasteiger partial charge in [-0.15, -0.1) is 0 Å². The van der Waals surface area contributed by atoms with E-state index in [1.807, 2.05) is 0 Å². The SMILES string of the molecule is Nc1c(C2=NCCN2)cnn1-c1cccc(F)c1. The van der Waals surface area contributed by atoms with E-state index in [2.05, 4.69) is 15.4 Å². The van der Waals surface area contributed by atoms with Crippen molar-refractivity contribution < 1.29 is 4.39 Å². The number of hydrogen-bond donors (Lipinski definition) is 2. The predicted molar refractivity (Wildman–Crippen MR) is 67.3 cm³/mol. The standard InChI is InChI=1S/C12H12FN5/c13-8-2-1-3-9(6-8)18-11(14)10(7-17-18)12-15-4-5-16-12/h1-3,6-7H,4-5,14H2,(H,15,16). The molecule has 0 saturated carbocycles. The Morgan fingerprint density at radius 1 is 1.39 bits per heavy atom. The molecular weight excluding hydrogens is 233 g/mol. The smallest absolute Gasteiger partial charge is 0.138 e. The highest BCUT2D eigenvalue weighted by Gasteiger charge is 2.16. The number of anilines is 1. The number of benzene rings is 1. The minimum Gasteiger partial charge on any atom is -0.383 e. The summed E-state index contributed by atoms with van der Waals surface area (Å²) in [5.74, 6) is 0.879. The Hall–Kier alpha value is -2.37. The Balaban J connectivity index is 2.04. The Labute approximate surface area is 103 Å². The minimum atomic E-state index is -0.319. The fourth-order valence-corrected chi connectivity index (χ4v) is 1.93. The van der Waals surface area contributed by atoms with Crippen molar-refractivity contribution in [1.29, 1.82) is 0 Å². The molecule has 0 aliphatic carbocycles. The van der Waals surface area contributed by atoms with Crippen LogP contribution in [0.4, 0.5) is 10.2 Å². The summed E-state index contributed by atoms with van der Waals surface area (Å²) < 4.78 is 14.7. The molecule has 92 valence electrons. The molecule has 0 radical (unpaired) electrons. The lowest BCUT2D eigenvalue weighted by atomic mass is 10.3. The number of nitrogens with two attached hydrogens (primary N) is 1. The van der Waals surface area contributed by atoms with Gasteiger partial charge in [0.05, 0.1) is 24.0 Å². The zero-order valence-corrected chi connectivity index (χ0v) is 9.60. The van der Waals surface area contributed by atoms with Crippen LogP contribution in [0.3, 0.4) is 0 Å². The van der Waals surface area contributed by atoms with E-state index in [1.165, 1.54) is 16.8 Å². The van der Waals surface area contributed by atoms with E-state index < -0.39 is 0 Å². The summed E-state index contributed by atoms with van der Waals surface area (Å²) in [5, 5.41) is 7.31. The highest BCUT2D eigenvalue weighted by atomic mass is 19.1. The molecule has 2 aromatic rings. The Morgan fingerprint density at radius 2 is 2.28 bits per heavy atom. The van der Waals surface area contributed by atoms with Gasteiger partial charge in [-0.1, -0.05) is 6.07 Å². The third-order valence-electron chi connectivity index (χ3n) is 2.79. The van der Waals surface area contributed by atoms with Gasteiger partial charge in [-0.2, -0.15) is 5.10 Å². The van der Waals surface area contributed by atoms with Crippen LogP contribution in [-0.2, 0) is 0 Å². The molecule has 0 fully saturated rings. The van der Waals surface area contributed by atoms with Crippen LogP contribution in [0.25, 0.3) is 5.69 Å². The van der Waals surface area contributed by atoms with Gasteiger partial charge in [-0.25, -0.2) is 9.07 Å². The molecule has 6 heteroatoms. The van der Waals surface area contributed by atoms with Crippen molar-refractivity contribution in [3.05, 3.63) is 41.8 Å². The summed E-state index contributed by atoms with van der Waals surface area (Å²) in [4.78, 5) is 4.29. The Morgan fingerprint density at radius 3 is 3.00 bits per heavy atom. The summed E-state index contributed by atoms with van der Waals surface area (Å²) in [7, 11) is 0. The fraction of sp³-hybridized carbons (Fsp3) is 0.167. The largest absolute Gasteiger partial charge is 0.383 e. The molecule has 0 spiro atoms. The lowest BCUT2D eigenvalue weighted by molar-refractivity contribution is 0.625. The van der Waals surface area contributed by atoms with Gasteiger partial charge in [0.2, 0.25) is 0 Å². The number of nitrogen functional groups attached to an aromatic ring is 1. The number of hydrogen-bond acceptors (Lipinski definition) is 4. The maximum Gasteiger partial charge on any atom is 0.138 e. The number of halogens is 1. The van der Waals surface area contributed by atoms with Crippen LogP contribution in [0.2, 0.25) is 0 Å². The fourth-order valence-electron chi connectivity index (χ4n) is 1.93. The van der Waals surface area contributed by atoms with Crippen LogP contribution in [0, 0.1) is 5.82 Å². The quantitative estimate of drug-likeness (QED) is 0.827. The highest BCUT2D eigenvalue weighted by Crippen LogP contribution is 2.18. The van der Waals surface area contributed by atoms with Gasteiger partial charge in [-0.05, 0) is 18.2 Å². The monoisotopic (exact) mass is 245 g/mol. The van der Waals surface area contributed by atoms with Gasteiger partial charge in [0, 0.05) is 6.54 Å². The van der Waals surface area contributed by atoms with Crippen molar-refractivity contribution in [3.63, 3.8) is 0 Å². The minimum absolute atomic E-state index is 0.319. The summed E-state index contributed by atoms with van der Waals surface area (Å²) in [5.41, 5.74) is 7.36. The van der Waals surface area contributed by atoms with Crippen molar-refractivity contribution in [2.75, 3.05) is 18.8 Å². The van der Waals surface area contributed by atoms with E-state index >= 15 is 0 Å². The number of nitrogens with zero attached hydrogens (tertiary/aromatic N) is 3. The lowest BCUT2D eigenvalue weighted by Crippen LogP contribution is -2.20. The molecule has 0 bridgehead atoms. The molecule has 3 rings (SSSR count). The van der Waals surface area contributed by atoms with E-state index in [0.29, 0.717) is 11.5 Å². The first-order valence-electron chi connectivity index (χ1n) is 5.64. The molecule has 2 heterocycles. The number of amidine groups is 1. The van der Waals surface area contributed by atoms with Crippen LogP contribution in [0.1, 0.15) is 5.56 Å². The number of aromatic nitrogens is 2. The highest BCUT2D eigenvalue weighted by molar-refractivity contribution is 6.03. The van der Waals surface area contributed by atoms with E-state index in [9.17, 15) is 4.39 Å². The average molecular weight is 245 g/mol. The Bertz CT molecular complexity index is 617. The zero-order valence-electron chi connectivity index (χ0n) is 9.60. The summed E-state index contributed by atoms with van der Waals surface area (Å²) in [6, 6.07) is 6.14. The third kappa shape index (κ3) is 1.71. The van der Waals surface area contributed by atoms with E-state index in [1.54, 1.807) is 18.3 Å². The van der Waals surface area contributed by atoms with Crippen molar-refractivity contribution in [1.82, 2.24) is 15.1 Å². The normalized spacial score (nSPS) is 14.4. The molecular formula is C12H12FN5. The van der Waals surface area contributed by atoms with Crippen LogP contribution >= 0.6 is 0 Å². The maximum atomic E-state index is 13.2. The molecule has 5 nitrogen and oxygen atoms in total. The average Bonchev–Trinajstić information content (AvgIpc) is 2.97. The van der Waals surface area contributed by atoms with Gasteiger partial charge in [0.25, 0.3) is 0 Å². The summed E-state index contributed by atoms with van der Waals surface area (Å²) in [6.45, 7) is 1.54. The molecule has 1 aromatic heterocycles.